The minimum Gasteiger partial charge on any atom is -0.481 e. The van der Waals surface area contributed by atoms with E-state index in [1.165, 1.54) is 0 Å². The molecular formula is C5H10NO4+. The average Bonchev–Trinajstić information content (AvgIpc) is 1.81. The van der Waals surface area contributed by atoms with E-state index in [2.05, 4.69) is 5.73 Å². The van der Waals surface area contributed by atoms with Gasteiger partial charge in [0.05, 0.1) is 13.0 Å². The molecule has 5 heteroatoms. The summed E-state index contributed by atoms with van der Waals surface area (Å²) in [7, 11) is 0. The van der Waals surface area contributed by atoms with E-state index in [9.17, 15) is 9.59 Å². The minimum absolute atomic E-state index is 0.113. The summed E-state index contributed by atoms with van der Waals surface area (Å²) < 4.78 is 0. The van der Waals surface area contributed by atoms with Crippen molar-refractivity contribution in [3.05, 3.63) is 0 Å². The van der Waals surface area contributed by atoms with Crippen LogP contribution in [0.5, 0.6) is 0 Å². The van der Waals surface area contributed by atoms with Crippen molar-refractivity contribution in [2.75, 3.05) is 6.54 Å². The monoisotopic (exact) mass is 148 g/mol. The van der Waals surface area contributed by atoms with Crippen LogP contribution in [0.3, 0.4) is 0 Å². The predicted octanol–water partition coefficient (Wildman–Crippen LogP) is -1.60. The molecule has 0 amide bonds. The summed E-state index contributed by atoms with van der Waals surface area (Å²) in [4.78, 5) is 20.1. The van der Waals surface area contributed by atoms with Crippen molar-refractivity contribution < 1.29 is 25.5 Å². The van der Waals surface area contributed by atoms with Crippen LogP contribution in [0.25, 0.3) is 0 Å². The van der Waals surface area contributed by atoms with Crippen LogP contribution in [0.4, 0.5) is 0 Å². The molecule has 0 rings (SSSR count). The lowest BCUT2D eigenvalue weighted by Crippen LogP contribution is -2.55. The van der Waals surface area contributed by atoms with Crippen LogP contribution in [-0.4, -0.2) is 28.7 Å². The van der Waals surface area contributed by atoms with Gasteiger partial charge in [-0.2, -0.15) is 0 Å². The van der Waals surface area contributed by atoms with Gasteiger partial charge >= 0.3 is 11.9 Å². The highest BCUT2D eigenvalue weighted by Crippen LogP contribution is 1.98. The van der Waals surface area contributed by atoms with Gasteiger partial charge < -0.3 is 15.9 Å². The molecule has 0 aliphatic carbocycles. The highest BCUT2D eigenvalue weighted by molar-refractivity contribution is 5.77. The molecule has 5 nitrogen and oxygen atoms in total. The lowest BCUT2D eigenvalue weighted by atomic mass is 10.1. The van der Waals surface area contributed by atoms with Crippen LogP contribution in [0, 0.1) is 5.92 Å². The Morgan fingerprint density at radius 1 is 1.40 bits per heavy atom. The Bertz CT molecular complexity index is 145. The molecule has 0 aliphatic heterocycles. The van der Waals surface area contributed by atoms with Crippen LogP contribution in [0.2, 0.25) is 0 Å². The number of hydrogen-bond acceptors (Lipinski definition) is 2. The highest BCUT2D eigenvalue weighted by Gasteiger charge is 2.20. The molecule has 1 atom stereocenters. The summed E-state index contributed by atoms with van der Waals surface area (Å²) >= 11 is 0. The largest absolute Gasteiger partial charge is 0.481 e. The van der Waals surface area contributed by atoms with Crippen molar-refractivity contribution in [2.45, 2.75) is 6.42 Å². The van der Waals surface area contributed by atoms with Crippen molar-refractivity contribution in [3.8, 4) is 0 Å². The number of rotatable bonds is 4. The molecule has 0 aromatic heterocycles. The van der Waals surface area contributed by atoms with E-state index in [0.29, 0.717) is 0 Å². The third kappa shape index (κ3) is 3.03. The van der Waals surface area contributed by atoms with Crippen LogP contribution in [0.1, 0.15) is 6.42 Å². The number of quaternary nitrogens is 1. The van der Waals surface area contributed by atoms with E-state index in [-0.39, 0.29) is 13.0 Å². The zero-order valence-electron chi connectivity index (χ0n) is 5.41. The first-order valence-corrected chi connectivity index (χ1v) is 2.81. The standard InChI is InChI=1S/C5H9NO4/c6-2-3(5(9)10)1-4(7)8/h3H,1-2,6H2,(H,7,8)(H,9,10)/p+1. The highest BCUT2D eigenvalue weighted by atomic mass is 16.4. The topological polar surface area (TPSA) is 102 Å². The van der Waals surface area contributed by atoms with Crippen LogP contribution >= 0.6 is 0 Å². The van der Waals surface area contributed by atoms with Crippen molar-refractivity contribution in [1.82, 2.24) is 0 Å². The van der Waals surface area contributed by atoms with E-state index in [4.69, 9.17) is 10.2 Å². The summed E-state index contributed by atoms with van der Waals surface area (Å²) in [5.41, 5.74) is 3.32. The van der Waals surface area contributed by atoms with Gasteiger partial charge in [0, 0.05) is 0 Å². The maximum Gasteiger partial charge on any atom is 0.312 e. The fraction of sp³-hybridized carbons (Fsp3) is 0.600. The lowest BCUT2D eigenvalue weighted by Gasteiger charge is -2.01. The van der Waals surface area contributed by atoms with Crippen molar-refractivity contribution in [3.63, 3.8) is 0 Å². The minimum atomic E-state index is -1.10. The second-order valence-corrected chi connectivity index (χ2v) is 1.92. The molecule has 0 bridgehead atoms. The number of carbonyl (C=O) groups is 2. The number of carboxylic acids is 2. The molecule has 1 unspecified atom stereocenters. The number of hydrogen-bond donors (Lipinski definition) is 3. The molecule has 0 fully saturated rings. The molecule has 0 aromatic rings. The van der Waals surface area contributed by atoms with Gasteiger partial charge in [-0.15, -0.1) is 0 Å². The summed E-state index contributed by atoms with van der Waals surface area (Å²) in [6.07, 6.45) is -0.348. The second kappa shape index (κ2) is 3.84. The van der Waals surface area contributed by atoms with Gasteiger partial charge in [-0.3, -0.25) is 9.59 Å². The number of aliphatic carboxylic acids is 2. The summed E-state index contributed by atoms with van der Waals surface area (Å²) in [6.45, 7) is 0.113. The Labute approximate surface area is 57.5 Å². The van der Waals surface area contributed by atoms with Crippen LogP contribution < -0.4 is 5.73 Å². The van der Waals surface area contributed by atoms with Gasteiger partial charge in [0.2, 0.25) is 0 Å². The van der Waals surface area contributed by atoms with Gasteiger partial charge in [-0.1, -0.05) is 0 Å². The molecule has 0 radical (unpaired) electrons. The van der Waals surface area contributed by atoms with E-state index in [1.54, 1.807) is 0 Å². The molecule has 0 saturated heterocycles. The third-order valence-electron chi connectivity index (χ3n) is 1.12. The zero-order chi connectivity index (χ0) is 8.15. The van der Waals surface area contributed by atoms with Gasteiger partial charge in [-0.05, 0) is 0 Å². The molecule has 0 aromatic carbocycles. The van der Waals surface area contributed by atoms with Gasteiger partial charge in [-0.25, -0.2) is 0 Å². The SMILES string of the molecule is [NH3+]CC(CC(=O)O)C(=O)O. The summed E-state index contributed by atoms with van der Waals surface area (Å²) in [5.74, 6) is -3.05. The number of carboxylic acid groups (broad SMARTS) is 2. The molecule has 0 saturated carbocycles. The fourth-order valence-electron chi connectivity index (χ4n) is 0.524. The Morgan fingerprint density at radius 3 is 2.00 bits per heavy atom. The van der Waals surface area contributed by atoms with Crippen molar-refractivity contribution in [2.24, 2.45) is 5.92 Å². The first-order chi connectivity index (χ1) is 4.57. The Balaban J connectivity index is 3.83. The lowest BCUT2D eigenvalue weighted by molar-refractivity contribution is -0.376. The molecule has 10 heavy (non-hydrogen) atoms. The first-order valence-electron chi connectivity index (χ1n) is 2.81. The van der Waals surface area contributed by atoms with E-state index < -0.39 is 17.9 Å². The molecule has 58 valence electrons. The maximum atomic E-state index is 10.2. The maximum absolute atomic E-state index is 10.2. The van der Waals surface area contributed by atoms with E-state index in [0.717, 1.165) is 0 Å². The molecule has 5 N–H and O–H groups in total. The third-order valence-corrected chi connectivity index (χ3v) is 1.12. The Kier molecular flexibility index (Phi) is 3.42. The van der Waals surface area contributed by atoms with Crippen molar-refractivity contribution in [1.29, 1.82) is 0 Å². The normalized spacial score (nSPS) is 12.5. The fourth-order valence-corrected chi connectivity index (χ4v) is 0.524. The zero-order valence-corrected chi connectivity index (χ0v) is 5.41. The summed E-state index contributed by atoms with van der Waals surface area (Å²) in [6, 6.07) is 0. The molecular weight excluding hydrogens is 138 g/mol. The van der Waals surface area contributed by atoms with Crippen LogP contribution in [0.15, 0.2) is 0 Å². The second-order valence-electron chi connectivity index (χ2n) is 1.92. The molecule has 0 heterocycles. The molecule has 0 spiro atoms. The van der Waals surface area contributed by atoms with Gasteiger partial charge in [0.25, 0.3) is 0 Å². The van der Waals surface area contributed by atoms with Gasteiger partial charge in [0.1, 0.15) is 5.92 Å². The smallest absolute Gasteiger partial charge is 0.312 e. The van der Waals surface area contributed by atoms with E-state index in [1.807, 2.05) is 0 Å². The Morgan fingerprint density at radius 2 is 1.90 bits per heavy atom. The summed E-state index contributed by atoms with van der Waals surface area (Å²) in [5, 5.41) is 16.5. The van der Waals surface area contributed by atoms with Gasteiger partial charge in [0.15, 0.2) is 0 Å². The quantitative estimate of drug-likeness (QED) is 0.447. The average molecular weight is 148 g/mol. The van der Waals surface area contributed by atoms with E-state index >= 15 is 0 Å². The first kappa shape index (κ1) is 8.90. The Hall–Kier alpha value is -1.10. The predicted molar refractivity (Wildman–Crippen MR) is 31.1 cm³/mol. The van der Waals surface area contributed by atoms with Crippen molar-refractivity contribution >= 4 is 11.9 Å². The van der Waals surface area contributed by atoms with Crippen LogP contribution in [-0.2, 0) is 9.59 Å². The molecule has 0 aliphatic rings.